The second-order valence-electron chi connectivity index (χ2n) is 15.7. The first kappa shape index (κ1) is 31.7. The van der Waals surface area contributed by atoms with Crippen molar-refractivity contribution in [3.63, 3.8) is 0 Å². The van der Waals surface area contributed by atoms with Crippen LogP contribution in [0.25, 0.3) is 65.3 Å². The van der Waals surface area contributed by atoms with E-state index >= 15 is 0 Å². The maximum absolute atomic E-state index is 2.70. The Labute approximate surface area is 321 Å². The minimum absolute atomic E-state index is 0.0345. The average molecular weight is 711 g/mol. The molecule has 7 aromatic carbocycles. The second-order valence-corrected chi connectivity index (χ2v) is 16.6. The molecule has 2 aliphatic rings. The van der Waals surface area contributed by atoms with Crippen molar-refractivity contribution < 1.29 is 0 Å². The van der Waals surface area contributed by atoms with E-state index < -0.39 is 0 Å². The predicted octanol–water partition coefficient (Wildman–Crippen LogP) is 12.6. The van der Waals surface area contributed by atoms with Gasteiger partial charge in [0.2, 0.25) is 0 Å². The Kier molecular flexibility index (Phi) is 6.65. The summed E-state index contributed by atoms with van der Waals surface area (Å²) >= 11 is 1.90. The molecule has 0 radical (unpaired) electrons. The zero-order chi connectivity index (χ0) is 36.6. The molecule has 0 saturated carbocycles. The number of nitrogens with zero attached hydrogens (tertiary/aromatic N) is 2. The molecule has 11 rings (SSSR count). The normalized spacial score (nSPS) is 12.9. The van der Waals surface area contributed by atoms with Gasteiger partial charge in [0.15, 0.2) is 0 Å². The lowest BCUT2D eigenvalue weighted by molar-refractivity contribution is 1.26. The standard InChI is InChI=1S/C50H39BN2S/c1-28-21-30(3)45(31(4)22-28)35-12-9-13-37(25-35)52-43-26-36(46-32(5)23-29(2)24-33(46)6)18-20-42(43)51-47-44(52)27-54-50(47)41-16-10-15-39-40-19-17-34-11-7-8-14-38(34)48(40)53(51)49(39)41/h7-27H,1-6H3. The third kappa shape index (κ3) is 4.29. The van der Waals surface area contributed by atoms with Crippen molar-refractivity contribution in [1.29, 1.82) is 0 Å². The summed E-state index contributed by atoms with van der Waals surface area (Å²) in [5.41, 5.74) is 23.5. The van der Waals surface area contributed by atoms with Crippen LogP contribution in [0.5, 0.6) is 0 Å². The Morgan fingerprint density at radius 1 is 0.519 bits per heavy atom. The lowest BCUT2D eigenvalue weighted by Crippen LogP contribution is -2.55. The van der Waals surface area contributed by atoms with Gasteiger partial charge >= 0.3 is 6.85 Å². The molecule has 0 N–H and O–H groups in total. The number of fused-ring (bicyclic) bond motifs is 9. The fourth-order valence-electron chi connectivity index (χ4n) is 10.3. The Bertz CT molecular complexity index is 3040. The van der Waals surface area contributed by atoms with Crippen LogP contribution >= 0.6 is 11.3 Å². The largest absolute Gasteiger partial charge is 0.375 e. The second kappa shape index (κ2) is 11.3. The van der Waals surface area contributed by atoms with Gasteiger partial charge in [-0.05, 0) is 121 Å². The average Bonchev–Trinajstić information content (AvgIpc) is 3.74. The van der Waals surface area contributed by atoms with Crippen LogP contribution in [0.15, 0.2) is 127 Å². The van der Waals surface area contributed by atoms with E-state index in [0.717, 1.165) is 0 Å². The fraction of sp³-hybridized carbons (Fsp3) is 0.120. The number of anilines is 3. The van der Waals surface area contributed by atoms with Gasteiger partial charge < -0.3 is 9.38 Å². The van der Waals surface area contributed by atoms with E-state index in [0.29, 0.717) is 0 Å². The summed E-state index contributed by atoms with van der Waals surface area (Å²) in [7, 11) is 0. The van der Waals surface area contributed by atoms with Crippen molar-refractivity contribution in [3.05, 3.63) is 160 Å². The zero-order valence-electron chi connectivity index (χ0n) is 31.5. The molecule has 2 aliphatic heterocycles. The van der Waals surface area contributed by atoms with Gasteiger partial charge in [-0.25, -0.2) is 0 Å². The zero-order valence-corrected chi connectivity index (χ0v) is 32.3. The Hall–Kier alpha value is -5.84. The fourth-order valence-corrected chi connectivity index (χ4v) is 11.4. The van der Waals surface area contributed by atoms with Crippen molar-refractivity contribution >= 4 is 78.8 Å². The topological polar surface area (TPSA) is 8.17 Å². The van der Waals surface area contributed by atoms with Crippen molar-refractivity contribution in [2.75, 3.05) is 4.90 Å². The van der Waals surface area contributed by atoms with E-state index in [1.165, 1.54) is 127 Å². The molecule has 0 amide bonds. The number of thiophene rings is 1. The van der Waals surface area contributed by atoms with Gasteiger partial charge in [-0.1, -0.05) is 114 Å². The Balaban J connectivity index is 1.24. The van der Waals surface area contributed by atoms with Crippen LogP contribution in [-0.2, 0) is 0 Å². The monoisotopic (exact) mass is 710 g/mol. The van der Waals surface area contributed by atoms with Crippen molar-refractivity contribution in [2.24, 2.45) is 0 Å². The van der Waals surface area contributed by atoms with Gasteiger partial charge in [-0.2, -0.15) is 0 Å². The molecule has 4 heterocycles. The molecule has 9 aromatic rings. The molecule has 258 valence electrons. The minimum Gasteiger partial charge on any atom is -0.375 e. The lowest BCUT2D eigenvalue weighted by atomic mass is 9.46. The van der Waals surface area contributed by atoms with Crippen LogP contribution in [0.2, 0.25) is 0 Å². The van der Waals surface area contributed by atoms with E-state index in [-0.39, 0.29) is 6.85 Å². The van der Waals surface area contributed by atoms with Crippen LogP contribution in [0, 0.1) is 41.5 Å². The molecular formula is C50H39BN2S. The molecule has 2 aromatic heterocycles. The summed E-state index contributed by atoms with van der Waals surface area (Å²) in [6.07, 6.45) is 0. The van der Waals surface area contributed by atoms with Crippen molar-refractivity contribution in [2.45, 2.75) is 41.5 Å². The van der Waals surface area contributed by atoms with E-state index in [2.05, 4.69) is 178 Å². The summed E-state index contributed by atoms with van der Waals surface area (Å²) in [6, 6.07) is 46.3. The highest BCUT2D eigenvalue weighted by Gasteiger charge is 2.44. The Morgan fingerprint density at radius 3 is 1.91 bits per heavy atom. The van der Waals surface area contributed by atoms with Crippen LogP contribution in [-0.4, -0.2) is 11.3 Å². The molecule has 0 saturated heterocycles. The smallest absolute Gasteiger partial charge is 0.333 e. The van der Waals surface area contributed by atoms with Crippen LogP contribution in [0.3, 0.4) is 0 Å². The van der Waals surface area contributed by atoms with Crippen molar-refractivity contribution in [3.8, 4) is 32.7 Å². The van der Waals surface area contributed by atoms with E-state index in [4.69, 9.17) is 0 Å². The first-order valence-electron chi connectivity index (χ1n) is 19.0. The van der Waals surface area contributed by atoms with Gasteiger partial charge in [-0.3, -0.25) is 0 Å². The van der Waals surface area contributed by atoms with Gasteiger partial charge in [0.1, 0.15) is 0 Å². The molecule has 4 heteroatoms. The van der Waals surface area contributed by atoms with Crippen LogP contribution in [0.4, 0.5) is 17.1 Å². The molecule has 2 nitrogen and oxygen atoms in total. The number of para-hydroxylation sites is 1. The predicted molar refractivity (Wildman–Crippen MR) is 235 cm³/mol. The molecule has 0 unspecified atom stereocenters. The van der Waals surface area contributed by atoms with Crippen LogP contribution in [0.1, 0.15) is 33.4 Å². The highest BCUT2D eigenvalue weighted by atomic mass is 32.1. The maximum atomic E-state index is 2.70. The number of benzene rings is 7. The molecule has 54 heavy (non-hydrogen) atoms. The highest BCUT2D eigenvalue weighted by Crippen LogP contribution is 2.49. The first-order chi connectivity index (χ1) is 26.3. The molecular weight excluding hydrogens is 671 g/mol. The van der Waals surface area contributed by atoms with E-state index in [1.807, 2.05) is 11.3 Å². The van der Waals surface area contributed by atoms with Crippen molar-refractivity contribution in [1.82, 2.24) is 4.48 Å². The molecule has 0 aliphatic carbocycles. The number of aryl methyl sites for hydroxylation is 6. The molecule has 0 fully saturated rings. The SMILES string of the molecule is Cc1cc(C)c(-c2cccc(N3c4cc(-c5c(C)cc(C)cc5C)ccc4B4c5c3csc5-c3cccc5c6ccc7ccccc7c6n4c35)c2)c(C)c1. The van der Waals surface area contributed by atoms with Gasteiger partial charge in [-0.15, -0.1) is 11.3 Å². The van der Waals surface area contributed by atoms with Gasteiger partial charge in [0, 0.05) is 54.4 Å². The minimum atomic E-state index is 0.0345. The first-order valence-corrected chi connectivity index (χ1v) is 19.9. The number of aromatic nitrogens is 1. The molecule has 0 bridgehead atoms. The highest BCUT2D eigenvalue weighted by molar-refractivity contribution is 7.17. The third-order valence-electron chi connectivity index (χ3n) is 12.1. The number of rotatable bonds is 3. The summed E-state index contributed by atoms with van der Waals surface area (Å²) in [5, 5.41) is 7.66. The van der Waals surface area contributed by atoms with Crippen LogP contribution < -0.4 is 15.8 Å². The summed E-state index contributed by atoms with van der Waals surface area (Å²) in [6.45, 7) is 13.4. The van der Waals surface area contributed by atoms with E-state index in [9.17, 15) is 0 Å². The summed E-state index contributed by atoms with van der Waals surface area (Å²) < 4.78 is 2.70. The number of hydrogen-bond donors (Lipinski definition) is 0. The number of hydrogen-bond acceptors (Lipinski definition) is 2. The van der Waals surface area contributed by atoms with Gasteiger partial charge in [0.25, 0.3) is 0 Å². The maximum Gasteiger partial charge on any atom is 0.333 e. The molecule has 0 spiro atoms. The summed E-state index contributed by atoms with van der Waals surface area (Å²) in [5.74, 6) is 0. The third-order valence-corrected chi connectivity index (χ3v) is 13.2. The molecule has 0 atom stereocenters. The van der Waals surface area contributed by atoms with E-state index in [1.54, 1.807) is 0 Å². The van der Waals surface area contributed by atoms with Gasteiger partial charge in [0.05, 0.1) is 5.69 Å². The quantitative estimate of drug-likeness (QED) is 0.166. The summed E-state index contributed by atoms with van der Waals surface area (Å²) in [4.78, 5) is 3.95. The Morgan fingerprint density at radius 2 is 1.17 bits per heavy atom. The lowest BCUT2D eigenvalue weighted by Gasteiger charge is -2.38.